The molecule has 0 aliphatic carbocycles. The Morgan fingerprint density at radius 3 is 2.70 bits per heavy atom. The second-order valence-corrected chi connectivity index (χ2v) is 5.78. The first kappa shape index (κ1) is 18.0. The quantitative estimate of drug-likeness (QED) is 0.904. The van der Waals surface area contributed by atoms with Crippen molar-refractivity contribution in [2.24, 2.45) is 0 Å². The van der Waals surface area contributed by atoms with Gasteiger partial charge in [0.25, 0.3) is 0 Å². The van der Waals surface area contributed by atoms with Crippen molar-refractivity contribution < 1.29 is 23.0 Å². The SMILES string of the molecule is CC1CN(Cc2cc3c(cc2OC(F)F)OCO3)C(C)CN1.Cl. The van der Waals surface area contributed by atoms with Crippen molar-refractivity contribution in [3.05, 3.63) is 17.7 Å². The number of rotatable bonds is 4. The maximum Gasteiger partial charge on any atom is 0.387 e. The van der Waals surface area contributed by atoms with Gasteiger partial charge in [-0.05, 0) is 19.9 Å². The van der Waals surface area contributed by atoms with Gasteiger partial charge in [0, 0.05) is 43.3 Å². The van der Waals surface area contributed by atoms with Gasteiger partial charge >= 0.3 is 6.61 Å². The maximum absolute atomic E-state index is 12.7. The van der Waals surface area contributed by atoms with Crippen LogP contribution in [0.1, 0.15) is 19.4 Å². The fourth-order valence-electron chi connectivity index (χ4n) is 2.83. The molecule has 0 spiro atoms. The molecule has 5 nitrogen and oxygen atoms in total. The fourth-order valence-corrected chi connectivity index (χ4v) is 2.83. The molecule has 1 saturated heterocycles. The average Bonchev–Trinajstić information content (AvgIpc) is 2.89. The van der Waals surface area contributed by atoms with E-state index >= 15 is 0 Å². The van der Waals surface area contributed by atoms with Crippen LogP contribution in [0.5, 0.6) is 17.2 Å². The van der Waals surface area contributed by atoms with Gasteiger partial charge in [-0.1, -0.05) is 0 Å². The Morgan fingerprint density at radius 1 is 1.30 bits per heavy atom. The number of benzene rings is 1. The molecule has 0 amide bonds. The summed E-state index contributed by atoms with van der Waals surface area (Å²) in [7, 11) is 0. The third-order valence-electron chi connectivity index (χ3n) is 4.04. The van der Waals surface area contributed by atoms with Crippen molar-refractivity contribution in [2.45, 2.75) is 39.1 Å². The summed E-state index contributed by atoms with van der Waals surface area (Å²) in [6, 6.07) is 3.91. The van der Waals surface area contributed by atoms with E-state index in [4.69, 9.17) is 9.47 Å². The Bertz CT molecular complexity index is 548. The van der Waals surface area contributed by atoms with E-state index in [2.05, 4.69) is 28.8 Å². The second-order valence-electron chi connectivity index (χ2n) is 5.78. The van der Waals surface area contributed by atoms with Crippen molar-refractivity contribution in [3.63, 3.8) is 0 Å². The van der Waals surface area contributed by atoms with Crippen LogP contribution < -0.4 is 19.5 Å². The molecular formula is C15H21ClF2N2O3. The van der Waals surface area contributed by atoms with Crippen LogP contribution in [-0.2, 0) is 6.54 Å². The molecule has 0 aromatic heterocycles. The molecule has 2 heterocycles. The molecule has 0 saturated carbocycles. The highest BCUT2D eigenvalue weighted by Gasteiger charge is 2.26. The Morgan fingerprint density at radius 2 is 2.00 bits per heavy atom. The number of hydrogen-bond donors (Lipinski definition) is 1. The van der Waals surface area contributed by atoms with Gasteiger partial charge in [-0.3, -0.25) is 4.90 Å². The molecule has 2 atom stereocenters. The van der Waals surface area contributed by atoms with Gasteiger partial charge in [0.2, 0.25) is 6.79 Å². The molecular weight excluding hydrogens is 330 g/mol. The van der Waals surface area contributed by atoms with Crippen molar-refractivity contribution >= 4 is 12.4 Å². The Balaban J connectivity index is 0.00000192. The lowest BCUT2D eigenvalue weighted by molar-refractivity contribution is -0.0510. The Kier molecular flexibility index (Phi) is 5.89. The first-order chi connectivity index (χ1) is 10.5. The topological polar surface area (TPSA) is 43.0 Å². The van der Waals surface area contributed by atoms with E-state index in [1.165, 1.54) is 6.07 Å². The van der Waals surface area contributed by atoms with E-state index in [9.17, 15) is 8.78 Å². The standard InChI is InChI=1S/C15H20F2N2O3.ClH/c1-9-6-19(10(2)5-18-9)7-11-3-13-14(21-8-20-13)4-12(11)22-15(16)17;/h3-4,9-10,15,18H,5-8H2,1-2H3;1H. The molecule has 0 bridgehead atoms. The van der Waals surface area contributed by atoms with E-state index in [0.29, 0.717) is 35.7 Å². The average molecular weight is 351 g/mol. The third kappa shape index (κ3) is 4.16. The summed E-state index contributed by atoms with van der Waals surface area (Å²) < 4.78 is 40.5. The molecule has 0 radical (unpaired) electrons. The molecule has 2 aliphatic rings. The van der Waals surface area contributed by atoms with Crippen molar-refractivity contribution in [3.8, 4) is 17.2 Å². The van der Waals surface area contributed by atoms with Crippen LogP contribution in [-0.4, -0.2) is 43.5 Å². The van der Waals surface area contributed by atoms with E-state index in [-0.39, 0.29) is 24.9 Å². The summed E-state index contributed by atoms with van der Waals surface area (Å²) in [6.07, 6.45) is 0. The smallest absolute Gasteiger partial charge is 0.387 e. The Labute approximate surface area is 140 Å². The van der Waals surface area contributed by atoms with E-state index in [1.54, 1.807) is 6.07 Å². The fraction of sp³-hybridized carbons (Fsp3) is 0.600. The van der Waals surface area contributed by atoms with Crippen LogP contribution in [0.3, 0.4) is 0 Å². The zero-order chi connectivity index (χ0) is 15.7. The third-order valence-corrected chi connectivity index (χ3v) is 4.04. The summed E-state index contributed by atoms with van der Waals surface area (Å²) in [4.78, 5) is 2.25. The summed E-state index contributed by atoms with van der Waals surface area (Å²) in [5, 5.41) is 3.40. The van der Waals surface area contributed by atoms with Crippen LogP contribution in [0.25, 0.3) is 0 Å². The second kappa shape index (κ2) is 7.51. The van der Waals surface area contributed by atoms with E-state index < -0.39 is 6.61 Å². The van der Waals surface area contributed by atoms with Crippen LogP contribution >= 0.6 is 12.4 Å². The summed E-state index contributed by atoms with van der Waals surface area (Å²) >= 11 is 0. The van der Waals surface area contributed by atoms with Crippen LogP contribution in [0.2, 0.25) is 0 Å². The van der Waals surface area contributed by atoms with Crippen molar-refractivity contribution in [1.82, 2.24) is 10.2 Å². The van der Waals surface area contributed by atoms with E-state index in [0.717, 1.165) is 13.1 Å². The predicted molar refractivity (Wildman–Crippen MR) is 83.8 cm³/mol. The number of hydrogen-bond acceptors (Lipinski definition) is 5. The normalized spacial score (nSPS) is 23.7. The molecule has 1 N–H and O–H groups in total. The first-order valence-corrected chi connectivity index (χ1v) is 7.37. The number of halogens is 3. The zero-order valence-corrected chi connectivity index (χ0v) is 13.9. The summed E-state index contributed by atoms with van der Waals surface area (Å²) in [5.74, 6) is 1.17. The summed E-state index contributed by atoms with van der Waals surface area (Å²) in [6.45, 7) is 3.72. The number of fused-ring (bicyclic) bond motifs is 1. The molecule has 23 heavy (non-hydrogen) atoms. The van der Waals surface area contributed by atoms with Gasteiger partial charge in [-0.15, -0.1) is 12.4 Å². The number of nitrogens with one attached hydrogen (secondary N) is 1. The molecule has 1 fully saturated rings. The molecule has 8 heteroatoms. The molecule has 2 aliphatic heterocycles. The molecule has 2 unspecified atom stereocenters. The summed E-state index contributed by atoms with van der Waals surface area (Å²) in [5.41, 5.74) is 0.686. The van der Waals surface area contributed by atoms with Crippen molar-refractivity contribution in [1.29, 1.82) is 0 Å². The van der Waals surface area contributed by atoms with Crippen molar-refractivity contribution in [2.75, 3.05) is 19.9 Å². The molecule has 130 valence electrons. The predicted octanol–water partition coefficient (Wildman–Crippen LogP) is 2.62. The highest BCUT2D eigenvalue weighted by molar-refractivity contribution is 5.85. The van der Waals surface area contributed by atoms with Crippen LogP contribution in [0.15, 0.2) is 12.1 Å². The lowest BCUT2D eigenvalue weighted by Crippen LogP contribution is -2.53. The highest BCUT2D eigenvalue weighted by atomic mass is 35.5. The largest absolute Gasteiger partial charge is 0.454 e. The number of piperazine rings is 1. The monoisotopic (exact) mass is 350 g/mol. The number of alkyl halides is 2. The lowest BCUT2D eigenvalue weighted by atomic mass is 10.1. The van der Waals surface area contributed by atoms with Gasteiger partial charge in [0.1, 0.15) is 5.75 Å². The van der Waals surface area contributed by atoms with Crippen LogP contribution in [0.4, 0.5) is 8.78 Å². The molecule has 1 aromatic carbocycles. The highest BCUT2D eigenvalue weighted by Crippen LogP contribution is 2.39. The van der Waals surface area contributed by atoms with Gasteiger partial charge in [-0.2, -0.15) is 8.78 Å². The maximum atomic E-state index is 12.7. The lowest BCUT2D eigenvalue weighted by Gasteiger charge is -2.37. The van der Waals surface area contributed by atoms with Crippen LogP contribution in [0, 0.1) is 0 Å². The molecule has 3 rings (SSSR count). The van der Waals surface area contributed by atoms with Gasteiger partial charge in [0.05, 0.1) is 0 Å². The minimum atomic E-state index is -2.86. The van der Waals surface area contributed by atoms with Gasteiger partial charge in [-0.25, -0.2) is 0 Å². The minimum absolute atomic E-state index is 0. The minimum Gasteiger partial charge on any atom is -0.454 e. The van der Waals surface area contributed by atoms with Gasteiger partial charge < -0.3 is 19.5 Å². The van der Waals surface area contributed by atoms with E-state index in [1.807, 2.05) is 0 Å². The number of ether oxygens (including phenoxy) is 3. The number of nitrogens with zero attached hydrogens (tertiary/aromatic N) is 1. The van der Waals surface area contributed by atoms with Gasteiger partial charge in [0.15, 0.2) is 11.5 Å². The first-order valence-electron chi connectivity index (χ1n) is 7.37. The molecule has 1 aromatic rings. The Hall–Kier alpha value is -1.31. The zero-order valence-electron chi connectivity index (χ0n) is 13.1.